The summed E-state index contributed by atoms with van der Waals surface area (Å²) in [6, 6.07) is 12.0. The Bertz CT molecular complexity index is 634. The fraction of sp³-hybridized carbons (Fsp3) is 0.133. The molecule has 1 aliphatic heterocycles. The second kappa shape index (κ2) is 4.31. The van der Waals surface area contributed by atoms with Crippen molar-refractivity contribution in [2.75, 3.05) is 0 Å². The molecule has 0 aliphatic carbocycles. The number of fused-ring (bicyclic) bond motifs is 1. The van der Waals surface area contributed by atoms with Crippen LogP contribution in [0, 0.1) is 0 Å². The Hall–Kier alpha value is -2.49. The fourth-order valence-electron chi connectivity index (χ4n) is 2.20. The Morgan fingerprint density at radius 2 is 1.74 bits per heavy atom. The van der Waals surface area contributed by atoms with E-state index in [1.807, 2.05) is 30.3 Å². The Labute approximate surface area is 109 Å². The first-order valence-corrected chi connectivity index (χ1v) is 5.96. The predicted octanol–water partition coefficient (Wildman–Crippen LogP) is 2.80. The summed E-state index contributed by atoms with van der Waals surface area (Å²) in [5.41, 5.74) is 1.22. The molecule has 0 saturated heterocycles. The second-order valence-electron chi connectivity index (χ2n) is 4.48. The van der Waals surface area contributed by atoms with E-state index in [0.29, 0.717) is 11.3 Å². The minimum atomic E-state index is -0.356. The third-order valence-corrected chi connectivity index (χ3v) is 3.19. The lowest BCUT2D eigenvalue weighted by Gasteiger charge is -2.25. The van der Waals surface area contributed by atoms with Crippen LogP contribution in [-0.4, -0.2) is 16.0 Å². The number of ether oxygens (including phenoxy) is 1. The van der Waals surface area contributed by atoms with E-state index in [2.05, 4.69) is 0 Å². The van der Waals surface area contributed by atoms with Gasteiger partial charge < -0.3 is 14.9 Å². The molecule has 0 radical (unpaired) electrons. The van der Waals surface area contributed by atoms with Gasteiger partial charge in [-0.25, -0.2) is 0 Å². The van der Waals surface area contributed by atoms with Gasteiger partial charge in [0.1, 0.15) is 11.9 Å². The molecule has 1 heterocycles. The summed E-state index contributed by atoms with van der Waals surface area (Å²) in [5.74, 6) is -0.403. The van der Waals surface area contributed by atoms with Crippen LogP contribution in [0.5, 0.6) is 17.2 Å². The molecule has 4 nitrogen and oxygen atoms in total. The minimum Gasteiger partial charge on any atom is -0.504 e. The van der Waals surface area contributed by atoms with Crippen LogP contribution in [0.2, 0.25) is 0 Å². The van der Waals surface area contributed by atoms with Crippen molar-refractivity contribution in [3.63, 3.8) is 0 Å². The van der Waals surface area contributed by atoms with Crippen LogP contribution in [0.1, 0.15) is 28.4 Å². The molecule has 0 fully saturated rings. The van der Waals surface area contributed by atoms with Gasteiger partial charge in [0.2, 0.25) is 0 Å². The van der Waals surface area contributed by atoms with Gasteiger partial charge in [-0.05, 0) is 11.6 Å². The molecule has 1 atom stereocenters. The van der Waals surface area contributed by atoms with Crippen molar-refractivity contribution in [1.82, 2.24) is 0 Å². The van der Waals surface area contributed by atoms with Gasteiger partial charge in [-0.15, -0.1) is 0 Å². The van der Waals surface area contributed by atoms with Crippen LogP contribution in [0.15, 0.2) is 42.5 Å². The van der Waals surface area contributed by atoms with E-state index in [1.54, 1.807) is 0 Å². The standard InChI is InChI=1S/C15H12O4/c16-11-7-14(9-4-2-1-3-5-9)19-15-8-13(18)12(17)6-10(11)15/h1-6,8,14,17-18H,7H2/t14-/m0/s1. The van der Waals surface area contributed by atoms with E-state index in [1.165, 1.54) is 12.1 Å². The first-order chi connectivity index (χ1) is 9.15. The molecule has 0 aromatic heterocycles. The lowest BCUT2D eigenvalue weighted by Crippen LogP contribution is -2.20. The average Bonchev–Trinajstić information content (AvgIpc) is 2.42. The molecule has 0 spiro atoms. The molecule has 4 heteroatoms. The second-order valence-corrected chi connectivity index (χ2v) is 4.48. The van der Waals surface area contributed by atoms with Crippen molar-refractivity contribution >= 4 is 5.78 Å². The average molecular weight is 256 g/mol. The molecule has 0 saturated carbocycles. The van der Waals surface area contributed by atoms with Crippen LogP contribution in [-0.2, 0) is 0 Å². The molecular weight excluding hydrogens is 244 g/mol. The number of carbonyl (C=O) groups is 1. The van der Waals surface area contributed by atoms with E-state index in [0.717, 1.165) is 5.56 Å². The monoisotopic (exact) mass is 256 g/mol. The van der Waals surface area contributed by atoms with Gasteiger partial charge in [-0.3, -0.25) is 4.79 Å². The highest BCUT2D eigenvalue weighted by Crippen LogP contribution is 2.40. The Morgan fingerprint density at radius 1 is 1.05 bits per heavy atom. The maximum absolute atomic E-state index is 12.1. The van der Waals surface area contributed by atoms with Crippen molar-refractivity contribution in [2.45, 2.75) is 12.5 Å². The predicted molar refractivity (Wildman–Crippen MR) is 68.5 cm³/mol. The molecule has 2 aromatic rings. The van der Waals surface area contributed by atoms with Gasteiger partial charge in [-0.2, -0.15) is 0 Å². The fourth-order valence-corrected chi connectivity index (χ4v) is 2.20. The number of benzene rings is 2. The highest BCUT2D eigenvalue weighted by atomic mass is 16.5. The number of rotatable bonds is 1. The number of hydrogen-bond donors (Lipinski definition) is 2. The molecule has 3 rings (SSSR count). The SMILES string of the molecule is O=C1C[C@@H](c2ccccc2)Oc2cc(O)c(O)cc21. The van der Waals surface area contributed by atoms with E-state index in [9.17, 15) is 15.0 Å². The molecule has 0 amide bonds. The summed E-state index contributed by atoms with van der Waals surface area (Å²) in [6.07, 6.45) is -0.133. The lowest BCUT2D eigenvalue weighted by molar-refractivity contribution is 0.0848. The first kappa shape index (κ1) is 11.6. The molecule has 96 valence electrons. The minimum absolute atomic E-state index is 0.106. The number of Topliss-reactive ketones (excluding diaryl/α,β-unsaturated/α-hetero) is 1. The van der Waals surface area contributed by atoms with Gasteiger partial charge >= 0.3 is 0 Å². The van der Waals surface area contributed by atoms with E-state index < -0.39 is 0 Å². The number of hydrogen-bond acceptors (Lipinski definition) is 4. The van der Waals surface area contributed by atoms with Gasteiger partial charge in [0, 0.05) is 6.07 Å². The molecule has 0 unspecified atom stereocenters. The summed E-state index contributed by atoms with van der Waals surface area (Å²) < 4.78 is 5.73. The number of phenolic OH excluding ortho intramolecular Hbond substituents is 2. The molecule has 2 N–H and O–H groups in total. The lowest BCUT2D eigenvalue weighted by atomic mass is 9.96. The number of carbonyl (C=O) groups excluding carboxylic acids is 1. The third kappa shape index (κ3) is 2.01. The van der Waals surface area contributed by atoms with Crippen LogP contribution in [0.3, 0.4) is 0 Å². The quantitative estimate of drug-likeness (QED) is 0.770. The van der Waals surface area contributed by atoms with E-state index in [-0.39, 0.29) is 29.8 Å². The highest BCUT2D eigenvalue weighted by Gasteiger charge is 2.28. The molecular formula is C15H12O4. The maximum Gasteiger partial charge on any atom is 0.170 e. The molecule has 2 aromatic carbocycles. The van der Waals surface area contributed by atoms with Crippen molar-refractivity contribution in [3.8, 4) is 17.2 Å². The van der Waals surface area contributed by atoms with Crippen LogP contribution < -0.4 is 4.74 Å². The maximum atomic E-state index is 12.1. The molecule has 0 bridgehead atoms. The third-order valence-electron chi connectivity index (χ3n) is 3.19. The summed E-state index contributed by atoms with van der Waals surface area (Å²) in [7, 11) is 0. The smallest absolute Gasteiger partial charge is 0.170 e. The Balaban J connectivity index is 2.00. The zero-order chi connectivity index (χ0) is 13.4. The summed E-state index contributed by atoms with van der Waals surface area (Å²) in [6.45, 7) is 0. The van der Waals surface area contributed by atoms with Crippen molar-refractivity contribution in [1.29, 1.82) is 0 Å². The van der Waals surface area contributed by atoms with Gasteiger partial charge in [-0.1, -0.05) is 30.3 Å². The number of phenols is 2. The largest absolute Gasteiger partial charge is 0.504 e. The van der Waals surface area contributed by atoms with Crippen LogP contribution >= 0.6 is 0 Å². The number of ketones is 1. The summed E-state index contributed by atoms with van der Waals surface area (Å²) in [4.78, 5) is 12.1. The van der Waals surface area contributed by atoms with Crippen molar-refractivity contribution in [2.24, 2.45) is 0 Å². The van der Waals surface area contributed by atoms with Gasteiger partial charge in [0.25, 0.3) is 0 Å². The van der Waals surface area contributed by atoms with E-state index in [4.69, 9.17) is 4.74 Å². The Kier molecular flexibility index (Phi) is 2.63. The van der Waals surface area contributed by atoms with Crippen molar-refractivity contribution < 1.29 is 19.7 Å². The Morgan fingerprint density at radius 3 is 2.47 bits per heavy atom. The first-order valence-electron chi connectivity index (χ1n) is 5.96. The highest BCUT2D eigenvalue weighted by molar-refractivity contribution is 6.00. The summed E-state index contributed by atoms with van der Waals surface area (Å²) >= 11 is 0. The van der Waals surface area contributed by atoms with Gasteiger partial charge in [0.15, 0.2) is 17.3 Å². The van der Waals surface area contributed by atoms with Gasteiger partial charge in [0.05, 0.1) is 12.0 Å². The topological polar surface area (TPSA) is 66.8 Å². The number of aromatic hydroxyl groups is 2. The zero-order valence-corrected chi connectivity index (χ0v) is 10.0. The van der Waals surface area contributed by atoms with Crippen LogP contribution in [0.4, 0.5) is 0 Å². The normalized spacial score (nSPS) is 17.7. The van der Waals surface area contributed by atoms with Crippen molar-refractivity contribution in [3.05, 3.63) is 53.6 Å². The molecule has 1 aliphatic rings. The summed E-state index contributed by atoms with van der Waals surface area (Å²) in [5, 5.41) is 18.9. The molecule has 19 heavy (non-hydrogen) atoms. The van der Waals surface area contributed by atoms with Crippen LogP contribution in [0.25, 0.3) is 0 Å². The van der Waals surface area contributed by atoms with E-state index >= 15 is 0 Å². The zero-order valence-electron chi connectivity index (χ0n) is 10.0.